The Labute approximate surface area is 163 Å². The molecule has 6 heteroatoms. The fraction of sp³-hybridized carbons (Fsp3) is 0.667. The maximum Gasteiger partial charge on any atom is 0.317 e. The molecule has 2 amide bonds. The maximum atomic E-state index is 12.6. The number of carbonyl (C=O) groups is 1. The molecular weight excluding hydrogens is 340 g/mol. The molecule has 2 fully saturated rings. The van der Waals surface area contributed by atoms with Crippen molar-refractivity contribution in [2.24, 2.45) is 0 Å². The smallest absolute Gasteiger partial charge is 0.317 e. The first kappa shape index (κ1) is 19.8. The van der Waals surface area contributed by atoms with Crippen LogP contribution in [-0.4, -0.2) is 74.3 Å². The Bertz CT molecular complexity index is 594. The first-order chi connectivity index (χ1) is 13.2. The van der Waals surface area contributed by atoms with E-state index >= 15 is 0 Å². The summed E-state index contributed by atoms with van der Waals surface area (Å²) in [5.41, 5.74) is 1.13. The van der Waals surface area contributed by atoms with Crippen LogP contribution in [-0.2, 0) is 0 Å². The van der Waals surface area contributed by atoms with Crippen LogP contribution in [0, 0.1) is 0 Å². The van der Waals surface area contributed by atoms with Crippen molar-refractivity contribution in [2.75, 3.05) is 57.3 Å². The normalized spacial score (nSPS) is 19.2. The van der Waals surface area contributed by atoms with Crippen LogP contribution in [0.2, 0.25) is 0 Å². The van der Waals surface area contributed by atoms with Crippen molar-refractivity contribution in [3.05, 3.63) is 24.3 Å². The van der Waals surface area contributed by atoms with Gasteiger partial charge in [-0.3, -0.25) is 0 Å². The number of hydrogen-bond donors (Lipinski definition) is 1. The number of carbonyl (C=O) groups excluding carboxylic acids is 1. The quantitative estimate of drug-likeness (QED) is 0.832. The predicted molar refractivity (Wildman–Crippen MR) is 110 cm³/mol. The highest BCUT2D eigenvalue weighted by atomic mass is 16.5. The second-order valence-electron chi connectivity index (χ2n) is 7.44. The van der Waals surface area contributed by atoms with Gasteiger partial charge in [-0.05, 0) is 44.9 Å². The fourth-order valence-corrected chi connectivity index (χ4v) is 4.03. The minimum atomic E-state index is 0.0988. The van der Waals surface area contributed by atoms with Gasteiger partial charge in [-0.1, -0.05) is 19.1 Å². The maximum absolute atomic E-state index is 12.6. The van der Waals surface area contributed by atoms with E-state index in [-0.39, 0.29) is 6.03 Å². The Morgan fingerprint density at radius 2 is 1.78 bits per heavy atom. The summed E-state index contributed by atoms with van der Waals surface area (Å²) in [5, 5.41) is 3.25. The van der Waals surface area contributed by atoms with E-state index in [2.05, 4.69) is 28.1 Å². The molecule has 0 unspecified atom stereocenters. The van der Waals surface area contributed by atoms with Crippen molar-refractivity contribution in [3.63, 3.8) is 0 Å². The molecule has 2 saturated heterocycles. The average Bonchev–Trinajstić information content (AvgIpc) is 2.70. The molecule has 0 saturated carbocycles. The number of hydrogen-bond acceptors (Lipinski definition) is 4. The standard InChI is InChI=1S/C21H34N4O2/c1-3-11-23-12-9-18(10-13-23)22-21(26)25-16-14-24(15-17-25)19-7-5-6-8-20(19)27-4-2/h5-8,18H,3-4,9-17H2,1-2H3,(H,22,26). The van der Waals surface area contributed by atoms with Crippen LogP contribution in [0.4, 0.5) is 10.5 Å². The van der Waals surface area contributed by atoms with Crippen molar-refractivity contribution >= 4 is 11.7 Å². The Balaban J connectivity index is 1.46. The summed E-state index contributed by atoms with van der Waals surface area (Å²) in [4.78, 5) is 19.4. The van der Waals surface area contributed by atoms with Crippen LogP contribution >= 0.6 is 0 Å². The van der Waals surface area contributed by atoms with Gasteiger partial charge < -0.3 is 24.8 Å². The lowest BCUT2D eigenvalue weighted by Crippen LogP contribution is -2.55. The van der Waals surface area contributed by atoms with E-state index in [0.717, 1.165) is 63.5 Å². The highest BCUT2D eigenvalue weighted by molar-refractivity contribution is 5.75. The van der Waals surface area contributed by atoms with Crippen molar-refractivity contribution in [3.8, 4) is 5.75 Å². The Morgan fingerprint density at radius 1 is 1.07 bits per heavy atom. The molecule has 2 aliphatic rings. The van der Waals surface area contributed by atoms with E-state index in [1.165, 1.54) is 13.0 Å². The highest BCUT2D eigenvalue weighted by Gasteiger charge is 2.26. The number of likely N-dealkylation sites (tertiary alicyclic amines) is 1. The van der Waals surface area contributed by atoms with Crippen molar-refractivity contribution < 1.29 is 9.53 Å². The molecule has 0 spiro atoms. The zero-order chi connectivity index (χ0) is 19.1. The molecule has 0 atom stereocenters. The zero-order valence-electron chi connectivity index (χ0n) is 16.8. The number of nitrogens with zero attached hydrogens (tertiary/aromatic N) is 3. The Morgan fingerprint density at radius 3 is 2.44 bits per heavy atom. The first-order valence-corrected chi connectivity index (χ1v) is 10.5. The Hall–Kier alpha value is -1.95. The number of rotatable bonds is 6. The van der Waals surface area contributed by atoms with Crippen LogP contribution in [0.25, 0.3) is 0 Å². The van der Waals surface area contributed by atoms with Gasteiger partial charge in [0.05, 0.1) is 12.3 Å². The zero-order valence-corrected chi connectivity index (χ0v) is 16.8. The van der Waals surface area contributed by atoms with E-state index in [1.807, 2.05) is 30.0 Å². The third-order valence-corrected chi connectivity index (χ3v) is 5.53. The summed E-state index contributed by atoms with van der Waals surface area (Å²) >= 11 is 0. The predicted octanol–water partition coefficient (Wildman–Crippen LogP) is 2.79. The molecule has 2 aliphatic heterocycles. The number of benzene rings is 1. The van der Waals surface area contributed by atoms with E-state index in [0.29, 0.717) is 12.6 Å². The summed E-state index contributed by atoms with van der Waals surface area (Å²) in [6.45, 7) is 11.4. The number of piperidine rings is 1. The summed E-state index contributed by atoms with van der Waals surface area (Å²) < 4.78 is 5.75. The monoisotopic (exact) mass is 374 g/mol. The lowest BCUT2D eigenvalue weighted by Gasteiger charge is -2.38. The molecule has 3 rings (SSSR count). The van der Waals surface area contributed by atoms with Gasteiger partial charge in [0.2, 0.25) is 0 Å². The molecular formula is C21H34N4O2. The molecule has 27 heavy (non-hydrogen) atoms. The van der Waals surface area contributed by atoms with E-state index < -0.39 is 0 Å². The van der Waals surface area contributed by atoms with Gasteiger partial charge in [-0.15, -0.1) is 0 Å². The average molecular weight is 375 g/mol. The summed E-state index contributed by atoms with van der Waals surface area (Å²) in [6.07, 6.45) is 3.33. The lowest BCUT2D eigenvalue weighted by atomic mass is 10.1. The molecule has 0 aliphatic carbocycles. The third kappa shape index (κ3) is 5.28. The van der Waals surface area contributed by atoms with Crippen molar-refractivity contribution in [1.29, 1.82) is 0 Å². The lowest BCUT2D eigenvalue weighted by molar-refractivity contribution is 0.170. The van der Waals surface area contributed by atoms with Gasteiger partial charge in [0.1, 0.15) is 5.75 Å². The molecule has 6 nitrogen and oxygen atoms in total. The van der Waals surface area contributed by atoms with Crippen LogP contribution in [0.5, 0.6) is 5.75 Å². The first-order valence-electron chi connectivity index (χ1n) is 10.5. The largest absolute Gasteiger partial charge is 0.492 e. The summed E-state index contributed by atoms with van der Waals surface area (Å²) in [6, 6.07) is 8.59. The number of nitrogens with one attached hydrogen (secondary N) is 1. The molecule has 150 valence electrons. The van der Waals surface area contributed by atoms with Gasteiger partial charge in [-0.25, -0.2) is 4.79 Å². The van der Waals surface area contributed by atoms with E-state index in [4.69, 9.17) is 4.74 Å². The van der Waals surface area contributed by atoms with E-state index in [1.54, 1.807) is 0 Å². The van der Waals surface area contributed by atoms with Crippen LogP contribution in [0.3, 0.4) is 0 Å². The van der Waals surface area contributed by atoms with Crippen LogP contribution in [0.1, 0.15) is 33.1 Å². The van der Waals surface area contributed by atoms with Gasteiger partial charge in [0.15, 0.2) is 0 Å². The van der Waals surface area contributed by atoms with Crippen molar-refractivity contribution in [2.45, 2.75) is 39.2 Å². The summed E-state index contributed by atoms with van der Waals surface area (Å²) in [7, 11) is 0. The summed E-state index contributed by atoms with van der Waals surface area (Å²) in [5.74, 6) is 0.928. The van der Waals surface area contributed by atoms with Crippen LogP contribution < -0.4 is 15.0 Å². The minimum absolute atomic E-state index is 0.0988. The number of amides is 2. The SMILES string of the molecule is CCCN1CCC(NC(=O)N2CCN(c3ccccc3OCC)CC2)CC1. The second-order valence-corrected chi connectivity index (χ2v) is 7.44. The van der Waals surface area contributed by atoms with Gasteiger partial charge in [0.25, 0.3) is 0 Å². The van der Waals surface area contributed by atoms with Crippen molar-refractivity contribution in [1.82, 2.24) is 15.1 Å². The number of piperazine rings is 1. The Kier molecular flexibility index (Phi) is 7.21. The molecule has 0 radical (unpaired) electrons. The highest BCUT2D eigenvalue weighted by Crippen LogP contribution is 2.28. The molecule has 0 bridgehead atoms. The molecule has 2 heterocycles. The van der Waals surface area contributed by atoms with Gasteiger partial charge >= 0.3 is 6.03 Å². The van der Waals surface area contributed by atoms with Gasteiger partial charge in [0, 0.05) is 45.3 Å². The number of urea groups is 1. The van der Waals surface area contributed by atoms with Gasteiger partial charge in [-0.2, -0.15) is 0 Å². The van der Waals surface area contributed by atoms with Crippen LogP contribution in [0.15, 0.2) is 24.3 Å². The molecule has 1 N–H and O–H groups in total. The third-order valence-electron chi connectivity index (χ3n) is 5.53. The van der Waals surface area contributed by atoms with E-state index in [9.17, 15) is 4.79 Å². The minimum Gasteiger partial charge on any atom is -0.492 e. The number of para-hydroxylation sites is 2. The molecule has 1 aromatic carbocycles. The number of ether oxygens (including phenoxy) is 1. The molecule has 1 aromatic rings. The number of anilines is 1. The topological polar surface area (TPSA) is 48.1 Å². The second kappa shape index (κ2) is 9.83. The fourth-order valence-electron chi connectivity index (χ4n) is 4.03. The molecule has 0 aromatic heterocycles.